The third-order valence-corrected chi connectivity index (χ3v) is 3.84. The first kappa shape index (κ1) is 13.2. The SMILES string of the molecule is CCCNC(CCc1cncs1)c1ccccc1. The maximum Gasteiger partial charge on any atom is 0.0794 e. The number of benzene rings is 1. The quantitative estimate of drug-likeness (QED) is 0.818. The zero-order valence-corrected chi connectivity index (χ0v) is 11.6. The summed E-state index contributed by atoms with van der Waals surface area (Å²) in [5.74, 6) is 0. The molecule has 1 heterocycles. The van der Waals surface area contributed by atoms with E-state index in [1.165, 1.54) is 16.9 Å². The molecule has 3 heteroatoms. The van der Waals surface area contributed by atoms with E-state index in [0.717, 1.165) is 19.4 Å². The van der Waals surface area contributed by atoms with Gasteiger partial charge < -0.3 is 5.32 Å². The molecule has 0 saturated carbocycles. The highest BCUT2D eigenvalue weighted by atomic mass is 32.1. The van der Waals surface area contributed by atoms with Gasteiger partial charge in [-0.3, -0.25) is 4.98 Å². The summed E-state index contributed by atoms with van der Waals surface area (Å²) < 4.78 is 0. The summed E-state index contributed by atoms with van der Waals surface area (Å²) in [4.78, 5) is 5.50. The molecule has 0 aliphatic carbocycles. The van der Waals surface area contributed by atoms with Gasteiger partial charge >= 0.3 is 0 Å². The van der Waals surface area contributed by atoms with E-state index >= 15 is 0 Å². The normalized spacial score (nSPS) is 12.5. The molecule has 1 aromatic heterocycles. The van der Waals surface area contributed by atoms with Gasteiger partial charge in [-0.15, -0.1) is 11.3 Å². The minimum atomic E-state index is 0.452. The van der Waals surface area contributed by atoms with Gasteiger partial charge in [0.25, 0.3) is 0 Å². The minimum Gasteiger partial charge on any atom is -0.310 e. The Balaban J connectivity index is 1.96. The van der Waals surface area contributed by atoms with Gasteiger partial charge in [-0.05, 0) is 31.4 Å². The van der Waals surface area contributed by atoms with Crippen LogP contribution in [-0.4, -0.2) is 11.5 Å². The van der Waals surface area contributed by atoms with E-state index < -0.39 is 0 Å². The third kappa shape index (κ3) is 3.93. The average molecular weight is 260 g/mol. The number of nitrogens with zero attached hydrogens (tertiary/aromatic N) is 1. The Labute approximate surface area is 113 Å². The first-order valence-electron chi connectivity index (χ1n) is 6.56. The number of aromatic nitrogens is 1. The summed E-state index contributed by atoms with van der Waals surface area (Å²) in [5, 5.41) is 3.63. The van der Waals surface area contributed by atoms with Crippen LogP contribution in [0.2, 0.25) is 0 Å². The summed E-state index contributed by atoms with van der Waals surface area (Å²) in [7, 11) is 0. The smallest absolute Gasteiger partial charge is 0.0794 e. The Bertz CT molecular complexity index is 425. The molecule has 2 aromatic rings. The molecule has 0 aliphatic rings. The number of hydrogen-bond donors (Lipinski definition) is 1. The molecule has 0 amide bonds. The van der Waals surface area contributed by atoms with Gasteiger partial charge in [-0.25, -0.2) is 0 Å². The number of rotatable bonds is 7. The average Bonchev–Trinajstić information content (AvgIpc) is 2.93. The molecule has 0 bridgehead atoms. The van der Waals surface area contributed by atoms with Crippen molar-refractivity contribution in [2.45, 2.75) is 32.2 Å². The second-order valence-electron chi connectivity index (χ2n) is 4.42. The van der Waals surface area contributed by atoms with Gasteiger partial charge in [0.2, 0.25) is 0 Å². The van der Waals surface area contributed by atoms with Crippen LogP contribution in [0.5, 0.6) is 0 Å². The molecule has 0 fully saturated rings. The van der Waals surface area contributed by atoms with Crippen LogP contribution in [0.15, 0.2) is 42.0 Å². The van der Waals surface area contributed by atoms with Crippen molar-refractivity contribution in [3.8, 4) is 0 Å². The van der Waals surface area contributed by atoms with Crippen molar-refractivity contribution >= 4 is 11.3 Å². The topological polar surface area (TPSA) is 24.9 Å². The summed E-state index contributed by atoms with van der Waals surface area (Å²) in [6.07, 6.45) is 5.38. The number of aryl methyl sites for hydroxylation is 1. The number of thiazole rings is 1. The largest absolute Gasteiger partial charge is 0.310 e. The lowest BCUT2D eigenvalue weighted by atomic mass is 10.0. The molecule has 0 spiro atoms. The summed E-state index contributed by atoms with van der Waals surface area (Å²) in [5.41, 5.74) is 3.29. The molecule has 1 N–H and O–H groups in total. The Hall–Kier alpha value is -1.19. The van der Waals surface area contributed by atoms with Crippen molar-refractivity contribution in [3.05, 3.63) is 52.5 Å². The van der Waals surface area contributed by atoms with Crippen molar-refractivity contribution in [3.63, 3.8) is 0 Å². The van der Waals surface area contributed by atoms with Crippen LogP contribution < -0.4 is 5.32 Å². The molecule has 2 nitrogen and oxygen atoms in total. The van der Waals surface area contributed by atoms with Gasteiger partial charge in [-0.2, -0.15) is 0 Å². The number of nitrogens with one attached hydrogen (secondary N) is 1. The molecular formula is C15H20N2S. The van der Waals surface area contributed by atoms with Crippen LogP contribution in [-0.2, 0) is 6.42 Å². The van der Waals surface area contributed by atoms with Crippen molar-refractivity contribution in [2.24, 2.45) is 0 Å². The molecule has 1 aromatic carbocycles. The second kappa shape index (κ2) is 7.29. The fraction of sp³-hybridized carbons (Fsp3) is 0.400. The van der Waals surface area contributed by atoms with Gasteiger partial charge in [0.1, 0.15) is 0 Å². The highest BCUT2D eigenvalue weighted by molar-refractivity contribution is 7.09. The highest BCUT2D eigenvalue weighted by Gasteiger charge is 2.10. The fourth-order valence-electron chi connectivity index (χ4n) is 2.04. The van der Waals surface area contributed by atoms with Crippen molar-refractivity contribution in [1.82, 2.24) is 10.3 Å². The second-order valence-corrected chi connectivity index (χ2v) is 5.39. The molecule has 0 aliphatic heterocycles. The predicted molar refractivity (Wildman–Crippen MR) is 77.9 cm³/mol. The first-order chi connectivity index (χ1) is 8.90. The van der Waals surface area contributed by atoms with E-state index in [4.69, 9.17) is 0 Å². The van der Waals surface area contributed by atoms with E-state index in [1.807, 2.05) is 11.7 Å². The van der Waals surface area contributed by atoms with Crippen LogP contribution in [0, 0.1) is 0 Å². The summed E-state index contributed by atoms with van der Waals surface area (Å²) in [6, 6.07) is 11.2. The summed E-state index contributed by atoms with van der Waals surface area (Å²) in [6.45, 7) is 3.28. The molecule has 1 unspecified atom stereocenters. The Morgan fingerprint density at radius 3 is 2.78 bits per heavy atom. The van der Waals surface area contributed by atoms with E-state index in [1.54, 1.807) is 11.3 Å². The Morgan fingerprint density at radius 2 is 2.11 bits per heavy atom. The zero-order chi connectivity index (χ0) is 12.6. The van der Waals surface area contributed by atoms with Gasteiger partial charge in [0, 0.05) is 17.1 Å². The number of hydrogen-bond acceptors (Lipinski definition) is 3. The Morgan fingerprint density at radius 1 is 1.28 bits per heavy atom. The predicted octanol–water partition coefficient (Wildman–Crippen LogP) is 3.82. The lowest BCUT2D eigenvalue weighted by molar-refractivity contribution is 0.500. The van der Waals surface area contributed by atoms with Gasteiger partial charge in [-0.1, -0.05) is 37.3 Å². The van der Waals surface area contributed by atoms with Crippen molar-refractivity contribution < 1.29 is 0 Å². The molecule has 96 valence electrons. The van der Waals surface area contributed by atoms with Crippen molar-refractivity contribution in [2.75, 3.05) is 6.54 Å². The third-order valence-electron chi connectivity index (χ3n) is 3.01. The molecule has 18 heavy (non-hydrogen) atoms. The van der Waals surface area contributed by atoms with E-state index in [0.29, 0.717) is 6.04 Å². The van der Waals surface area contributed by atoms with Gasteiger partial charge in [0.05, 0.1) is 5.51 Å². The molecule has 2 rings (SSSR count). The first-order valence-corrected chi connectivity index (χ1v) is 7.44. The van der Waals surface area contributed by atoms with E-state index in [2.05, 4.69) is 47.6 Å². The molecule has 1 atom stereocenters. The highest BCUT2D eigenvalue weighted by Crippen LogP contribution is 2.20. The lowest BCUT2D eigenvalue weighted by Gasteiger charge is -2.18. The van der Waals surface area contributed by atoms with E-state index in [9.17, 15) is 0 Å². The van der Waals surface area contributed by atoms with Crippen LogP contribution in [0.4, 0.5) is 0 Å². The Kier molecular flexibility index (Phi) is 5.36. The maximum absolute atomic E-state index is 4.13. The van der Waals surface area contributed by atoms with Gasteiger partial charge in [0.15, 0.2) is 0 Å². The minimum absolute atomic E-state index is 0.452. The van der Waals surface area contributed by atoms with E-state index in [-0.39, 0.29) is 0 Å². The molecule has 0 radical (unpaired) electrons. The lowest BCUT2D eigenvalue weighted by Crippen LogP contribution is -2.22. The van der Waals surface area contributed by atoms with Crippen LogP contribution in [0.3, 0.4) is 0 Å². The summed E-state index contributed by atoms with van der Waals surface area (Å²) >= 11 is 1.75. The maximum atomic E-state index is 4.13. The van der Waals surface area contributed by atoms with Crippen LogP contribution in [0.1, 0.15) is 36.2 Å². The van der Waals surface area contributed by atoms with Crippen molar-refractivity contribution in [1.29, 1.82) is 0 Å². The fourth-order valence-corrected chi connectivity index (χ4v) is 2.66. The molecular weight excluding hydrogens is 240 g/mol. The molecule has 0 saturated heterocycles. The standard InChI is InChI=1S/C15H20N2S/c1-2-10-17-15(13-6-4-3-5-7-13)9-8-14-11-16-12-18-14/h3-7,11-12,15,17H,2,8-10H2,1H3. The van der Waals surface area contributed by atoms with Crippen LogP contribution >= 0.6 is 11.3 Å². The monoisotopic (exact) mass is 260 g/mol. The zero-order valence-electron chi connectivity index (χ0n) is 10.8. The van der Waals surface area contributed by atoms with Crippen LogP contribution in [0.25, 0.3) is 0 Å².